The fourth-order valence-electron chi connectivity index (χ4n) is 3.12. The molecular weight excluding hydrogens is 456 g/mol. The molecule has 2 aromatic heterocycles. The zero-order chi connectivity index (χ0) is 23.0. The molecule has 4 rings (SSSR count). The van der Waals surface area contributed by atoms with Crippen molar-refractivity contribution in [3.05, 3.63) is 83.2 Å². The van der Waals surface area contributed by atoms with Crippen LogP contribution in [0.25, 0.3) is 10.7 Å². The van der Waals surface area contributed by atoms with Gasteiger partial charge in [0.25, 0.3) is 0 Å². The Labute approximate surface area is 199 Å². The summed E-state index contributed by atoms with van der Waals surface area (Å²) in [6.45, 7) is 2.69. The first-order chi connectivity index (χ1) is 16.1. The van der Waals surface area contributed by atoms with Crippen molar-refractivity contribution in [1.29, 1.82) is 0 Å². The third-order valence-corrected chi connectivity index (χ3v) is 6.49. The van der Waals surface area contributed by atoms with Crippen LogP contribution in [-0.2, 0) is 16.1 Å². The lowest BCUT2D eigenvalue weighted by molar-refractivity contribution is -0.113. The van der Waals surface area contributed by atoms with Gasteiger partial charge in [-0.2, -0.15) is 0 Å². The number of thiophene rings is 1. The van der Waals surface area contributed by atoms with Gasteiger partial charge in [0, 0.05) is 5.69 Å². The molecule has 2 heterocycles. The van der Waals surface area contributed by atoms with Gasteiger partial charge in [0.05, 0.1) is 29.3 Å². The zero-order valence-corrected chi connectivity index (χ0v) is 19.6. The fourth-order valence-corrected chi connectivity index (χ4v) is 4.58. The molecule has 4 aromatic rings. The van der Waals surface area contributed by atoms with Gasteiger partial charge in [-0.3, -0.25) is 9.36 Å². The molecule has 0 aliphatic carbocycles. The van der Waals surface area contributed by atoms with Crippen molar-refractivity contribution in [1.82, 2.24) is 14.8 Å². The van der Waals surface area contributed by atoms with E-state index in [1.165, 1.54) is 11.8 Å². The topological polar surface area (TPSA) is 86.1 Å². The highest BCUT2D eigenvalue weighted by Gasteiger charge is 2.17. The molecule has 0 atom stereocenters. The monoisotopic (exact) mass is 478 g/mol. The second-order valence-electron chi connectivity index (χ2n) is 6.99. The maximum absolute atomic E-state index is 12.5. The number of carbonyl (C=O) groups excluding carboxylic acids is 2. The Balaban J connectivity index is 1.43. The van der Waals surface area contributed by atoms with E-state index in [0.717, 1.165) is 16.3 Å². The van der Waals surface area contributed by atoms with E-state index < -0.39 is 0 Å². The molecular formula is C24H22N4O3S2. The molecule has 9 heteroatoms. The minimum absolute atomic E-state index is 0.171. The number of thioether (sulfide) groups is 1. The highest BCUT2D eigenvalue weighted by Crippen LogP contribution is 2.28. The van der Waals surface area contributed by atoms with Crippen molar-refractivity contribution < 1.29 is 14.3 Å². The fraction of sp³-hybridized carbons (Fsp3) is 0.167. The molecule has 2 aromatic carbocycles. The van der Waals surface area contributed by atoms with Crippen molar-refractivity contribution in [2.45, 2.75) is 18.6 Å². The number of benzene rings is 2. The first kappa shape index (κ1) is 22.8. The average Bonchev–Trinajstić information content (AvgIpc) is 3.49. The van der Waals surface area contributed by atoms with Crippen LogP contribution in [0.2, 0.25) is 0 Å². The van der Waals surface area contributed by atoms with Gasteiger partial charge in [-0.15, -0.1) is 21.5 Å². The zero-order valence-electron chi connectivity index (χ0n) is 17.9. The summed E-state index contributed by atoms with van der Waals surface area (Å²) in [6.07, 6.45) is 0. The van der Waals surface area contributed by atoms with Gasteiger partial charge in [-0.1, -0.05) is 48.2 Å². The van der Waals surface area contributed by atoms with Crippen LogP contribution < -0.4 is 5.32 Å². The molecule has 1 N–H and O–H groups in total. The number of amides is 1. The van der Waals surface area contributed by atoms with Crippen molar-refractivity contribution >= 4 is 40.7 Å². The number of anilines is 1. The predicted octanol–water partition coefficient (Wildman–Crippen LogP) is 4.96. The molecule has 0 saturated heterocycles. The molecule has 0 aliphatic heterocycles. The summed E-state index contributed by atoms with van der Waals surface area (Å²) in [5, 5.41) is 14.3. The Hall–Kier alpha value is -3.43. The van der Waals surface area contributed by atoms with E-state index in [9.17, 15) is 9.59 Å². The van der Waals surface area contributed by atoms with E-state index >= 15 is 0 Å². The van der Waals surface area contributed by atoms with Crippen LogP contribution in [-0.4, -0.2) is 39.0 Å². The lowest BCUT2D eigenvalue weighted by atomic mass is 10.2. The van der Waals surface area contributed by atoms with E-state index in [1.807, 2.05) is 40.3 Å². The van der Waals surface area contributed by atoms with E-state index in [4.69, 9.17) is 4.74 Å². The first-order valence-electron chi connectivity index (χ1n) is 10.3. The minimum atomic E-state index is -0.384. The van der Waals surface area contributed by atoms with E-state index in [0.29, 0.717) is 29.6 Å². The molecule has 1 amide bonds. The molecule has 0 bridgehead atoms. The maximum atomic E-state index is 12.5. The van der Waals surface area contributed by atoms with Crippen molar-refractivity contribution in [3.63, 3.8) is 0 Å². The summed E-state index contributed by atoms with van der Waals surface area (Å²) >= 11 is 2.94. The third-order valence-electron chi connectivity index (χ3n) is 4.65. The first-order valence-corrected chi connectivity index (χ1v) is 12.2. The number of nitrogens with one attached hydrogen (secondary N) is 1. The quantitative estimate of drug-likeness (QED) is 0.270. The molecule has 0 unspecified atom stereocenters. The lowest BCUT2D eigenvalue weighted by Crippen LogP contribution is -2.15. The second-order valence-corrected chi connectivity index (χ2v) is 8.88. The van der Waals surface area contributed by atoms with Crippen LogP contribution >= 0.6 is 23.1 Å². The molecule has 0 spiro atoms. The second kappa shape index (κ2) is 10.9. The Morgan fingerprint density at radius 2 is 1.82 bits per heavy atom. The molecule has 7 nitrogen and oxygen atoms in total. The summed E-state index contributed by atoms with van der Waals surface area (Å²) in [6, 6.07) is 20.7. The van der Waals surface area contributed by atoms with Crippen LogP contribution in [0.4, 0.5) is 5.69 Å². The van der Waals surface area contributed by atoms with Gasteiger partial charge in [0.15, 0.2) is 11.0 Å². The number of hydrogen-bond donors (Lipinski definition) is 1. The molecule has 0 aliphatic rings. The minimum Gasteiger partial charge on any atom is -0.462 e. The third kappa shape index (κ3) is 5.88. The average molecular weight is 479 g/mol. The van der Waals surface area contributed by atoms with Gasteiger partial charge in [0.2, 0.25) is 5.91 Å². The molecule has 33 heavy (non-hydrogen) atoms. The summed E-state index contributed by atoms with van der Waals surface area (Å²) in [5.74, 6) is 0.407. The molecule has 168 valence electrons. The van der Waals surface area contributed by atoms with Crippen LogP contribution in [0.15, 0.2) is 77.3 Å². The molecule has 0 saturated carbocycles. The highest BCUT2D eigenvalue weighted by molar-refractivity contribution is 7.99. The smallest absolute Gasteiger partial charge is 0.338 e. The highest BCUT2D eigenvalue weighted by atomic mass is 32.2. The van der Waals surface area contributed by atoms with E-state index in [2.05, 4.69) is 27.6 Å². The molecule has 0 fully saturated rings. The summed E-state index contributed by atoms with van der Waals surface area (Å²) < 4.78 is 7.01. The normalized spacial score (nSPS) is 10.7. The Kier molecular flexibility index (Phi) is 7.54. The summed E-state index contributed by atoms with van der Waals surface area (Å²) in [5.41, 5.74) is 2.18. The number of hydrogen-bond acceptors (Lipinski definition) is 7. The maximum Gasteiger partial charge on any atom is 0.338 e. The predicted molar refractivity (Wildman–Crippen MR) is 131 cm³/mol. The number of rotatable bonds is 9. The summed E-state index contributed by atoms with van der Waals surface area (Å²) in [7, 11) is 0. The Morgan fingerprint density at radius 3 is 2.52 bits per heavy atom. The van der Waals surface area contributed by atoms with Crippen LogP contribution in [0.5, 0.6) is 0 Å². The lowest BCUT2D eigenvalue weighted by Gasteiger charge is -2.10. The van der Waals surface area contributed by atoms with Crippen LogP contribution in [0.1, 0.15) is 22.8 Å². The summed E-state index contributed by atoms with van der Waals surface area (Å²) in [4.78, 5) is 25.3. The van der Waals surface area contributed by atoms with Gasteiger partial charge in [0.1, 0.15) is 0 Å². The number of aromatic nitrogens is 3. The number of esters is 1. The van der Waals surface area contributed by atoms with Gasteiger partial charge < -0.3 is 10.1 Å². The molecule has 0 radical (unpaired) electrons. The van der Waals surface area contributed by atoms with E-state index in [1.54, 1.807) is 42.5 Å². The van der Waals surface area contributed by atoms with E-state index in [-0.39, 0.29) is 17.6 Å². The SMILES string of the molecule is CCOC(=O)c1ccc(NC(=O)CSc2nnc(-c3cccs3)n2Cc2ccccc2)cc1. The van der Waals surface area contributed by atoms with Crippen LogP contribution in [0, 0.1) is 0 Å². The van der Waals surface area contributed by atoms with Gasteiger partial charge in [-0.25, -0.2) is 4.79 Å². The Bertz CT molecular complexity index is 1210. The van der Waals surface area contributed by atoms with Gasteiger partial charge in [-0.05, 0) is 48.2 Å². The van der Waals surface area contributed by atoms with Gasteiger partial charge >= 0.3 is 5.97 Å². The van der Waals surface area contributed by atoms with Crippen molar-refractivity contribution in [2.75, 3.05) is 17.7 Å². The largest absolute Gasteiger partial charge is 0.462 e. The van der Waals surface area contributed by atoms with Crippen molar-refractivity contribution in [3.8, 4) is 10.7 Å². The van der Waals surface area contributed by atoms with Crippen LogP contribution in [0.3, 0.4) is 0 Å². The van der Waals surface area contributed by atoms with Crippen molar-refractivity contribution in [2.24, 2.45) is 0 Å². The number of ether oxygens (including phenoxy) is 1. The number of nitrogens with zero attached hydrogens (tertiary/aromatic N) is 3. The Morgan fingerprint density at radius 1 is 1.03 bits per heavy atom. The number of carbonyl (C=O) groups is 2. The standard InChI is InChI=1S/C24H22N4O3S2/c1-2-31-23(30)18-10-12-19(13-11-18)25-21(29)16-33-24-27-26-22(20-9-6-14-32-20)28(24)15-17-7-4-3-5-8-17/h3-14H,2,15-16H2,1H3,(H,25,29).